The van der Waals surface area contributed by atoms with Crippen molar-refractivity contribution in [1.29, 1.82) is 0 Å². The Bertz CT molecular complexity index is 1360. The van der Waals surface area contributed by atoms with Crippen LogP contribution < -0.4 is 4.74 Å². The van der Waals surface area contributed by atoms with Gasteiger partial charge < -0.3 is 4.74 Å². The second kappa shape index (κ2) is 6.71. The van der Waals surface area contributed by atoms with Crippen LogP contribution in [0.1, 0.15) is 5.56 Å². The molecule has 0 aliphatic heterocycles. The molecule has 0 aliphatic carbocycles. The second-order valence-corrected chi connectivity index (χ2v) is 7.01. The zero-order chi connectivity index (χ0) is 20.0. The van der Waals surface area contributed by atoms with Crippen LogP contribution in [0.3, 0.4) is 0 Å². The number of ether oxygens (including phenoxy) is 1. The van der Waals surface area contributed by atoms with Crippen molar-refractivity contribution in [3.63, 3.8) is 0 Å². The van der Waals surface area contributed by atoms with E-state index in [1.807, 2.05) is 47.3 Å². The van der Waals surface area contributed by atoms with Gasteiger partial charge in [-0.05, 0) is 55.5 Å². The van der Waals surface area contributed by atoms with E-state index >= 15 is 0 Å². The number of benzene rings is 3. The van der Waals surface area contributed by atoms with Crippen molar-refractivity contribution in [3.8, 4) is 22.7 Å². The van der Waals surface area contributed by atoms with Gasteiger partial charge in [0.05, 0.1) is 23.8 Å². The van der Waals surface area contributed by atoms with Gasteiger partial charge in [-0.2, -0.15) is 5.10 Å². The number of rotatable bonds is 3. The van der Waals surface area contributed by atoms with E-state index in [2.05, 4.69) is 18.0 Å². The van der Waals surface area contributed by atoms with E-state index in [-0.39, 0.29) is 5.82 Å². The molecule has 3 aromatic carbocycles. The summed E-state index contributed by atoms with van der Waals surface area (Å²) in [5, 5.41) is 6.85. The van der Waals surface area contributed by atoms with Gasteiger partial charge in [-0.1, -0.05) is 23.8 Å². The summed E-state index contributed by atoms with van der Waals surface area (Å²) in [6, 6.07) is 20.3. The highest BCUT2D eigenvalue weighted by atomic mass is 19.1. The number of fused-ring (bicyclic) bond motifs is 3. The van der Waals surface area contributed by atoms with Crippen LogP contribution >= 0.6 is 0 Å². The third-order valence-electron chi connectivity index (χ3n) is 5.08. The van der Waals surface area contributed by atoms with E-state index in [1.165, 1.54) is 12.1 Å². The summed E-state index contributed by atoms with van der Waals surface area (Å²) in [5.41, 5.74) is 5.51. The molecular formula is C24H18FN3O. The topological polar surface area (TPSA) is 39.9 Å². The summed E-state index contributed by atoms with van der Waals surface area (Å²) in [7, 11) is 1.65. The van der Waals surface area contributed by atoms with Gasteiger partial charge in [0, 0.05) is 22.5 Å². The molecule has 0 atom stereocenters. The highest BCUT2D eigenvalue weighted by molar-refractivity contribution is 6.09. The molecule has 0 spiro atoms. The molecule has 2 aromatic heterocycles. The standard InChI is InChI=1S/C24H18FN3O/c1-15-6-11-22-20(12-15)24-21(14-26-22)23(16-4-3-5-19(13-16)29-2)27-28(24)18-9-7-17(25)8-10-18/h3-14H,1-2H3. The Morgan fingerprint density at radius 1 is 0.931 bits per heavy atom. The van der Waals surface area contributed by atoms with E-state index < -0.39 is 0 Å². The first-order chi connectivity index (χ1) is 14.1. The minimum atomic E-state index is -0.277. The van der Waals surface area contributed by atoms with E-state index in [4.69, 9.17) is 9.84 Å². The molecule has 0 radical (unpaired) electrons. The maximum absolute atomic E-state index is 13.5. The summed E-state index contributed by atoms with van der Waals surface area (Å²) in [6.45, 7) is 2.06. The minimum Gasteiger partial charge on any atom is -0.497 e. The lowest BCUT2D eigenvalue weighted by Gasteiger charge is -2.06. The quantitative estimate of drug-likeness (QED) is 0.401. The fourth-order valence-corrected chi connectivity index (χ4v) is 3.65. The lowest BCUT2D eigenvalue weighted by atomic mass is 10.1. The van der Waals surface area contributed by atoms with E-state index in [1.54, 1.807) is 19.2 Å². The molecule has 5 rings (SSSR count). The van der Waals surface area contributed by atoms with Gasteiger partial charge in [0.15, 0.2) is 0 Å². The SMILES string of the molecule is COc1cccc(-c2nn(-c3ccc(F)cc3)c3c2cnc2ccc(C)cc23)c1. The van der Waals surface area contributed by atoms with Crippen LogP contribution in [0.4, 0.5) is 4.39 Å². The zero-order valence-electron chi connectivity index (χ0n) is 16.1. The van der Waals surface area contributed by atoms with Gasteiger partial charge in [-0.3, -0.25) is 4.98 Å². The predicted octanol–water partition coefficient (Wildman–Crippen LogP) is 5.70. The molecule has 142 valence electrons. The van der Waals surface area contributed by atoms with Crippen molar-refractivity contribution < 1.29 is 9.13 Å². The van der Waals surface area contributed by atoms with Crippen LogP contribution in [0.2, 0.25) is 0 Å². The van der Waals surface area contributed by atoms with Crippen LogP contribution in [-0.4, -0.2) is 21.9 Å². The first-order valence-corrected chi connectivity index (χ1v) is 9.32. The fourth-order valence-electron chi connectivity index (χ4n) is 3.65. The third-order valence-corrected chi connectivity index (χ3v) is 5.08. The molecule has 0 bridgehead atoms. The Balaban J connectivity index is 1.89. The Hall–Kier alpha value is -3.73. The van der Waals surface area contributed by atoms with Gasteiger partial charge in [-0.25, -0.2) is 9.07 Å². The van der Waals surface area contributed by atoms with Gasteiger partial charge in [0.2, 0.25) is 0 Å². The summed E-state index contributed by atoms with van der Waals surface area (Å²) < 4.78 is 20.8. The normalized spacial score (nSPS) is 11.3. The molecule has 5 heteroatoms. The molecule has 29 heavy (non-hydrogen) atoms. The van der Waals surface area contributed by atoms with Crippen molar-refractivity contribution >= 4 is 21.8 Å². The maximum Gasteiger partial charge on any atom is 0.123 e. The summed E-state index contributed by atoms with van der Waals surface area (Å²) in [6.07, 6.45) is 1.86. The van der Waals surface area contributed by atoms with Crippen LogP contribution in [0.5, 0.6) is 5.75 Å². The lowest BCUT2D eigenvalue weighted by molar-refractivity contribution is 0.415. The number of hydrogen-bond acceptors (Lipinski definition) is 3. The number of hydrogen-bond donors (Lipinski definition) is 0. The first kappa shape index (κ1) is 17.4. The largest absolute Gasteiger partial charge is 0.497 e. The Morgan fingerprint density at radius 2 is 1.76 bits per heavy atom. The molecule has 0 N–H and O–H groups in total. The van der Waals surface area contributed by atoms with Gasteiger partial charge in [0.1, 0.15) is 17.3 Å². The van der Waals surface area contributed by atoms with Crippen LogP contribution in [0, 0.1) is 12.7 Å². The van der Waals surface area contributed by atoms with Crippen LogP contribution in [-0.2, 0) is 0 Å². The smallest absolute Gasteiger partial charge is 0.123 e. The molecule has 0 unspecified atom stereocenters. The van der Waals surface area contributed by atoms with Crippen molar-refractivity contribution in [2.75, 3.05) is 7.11 Å². The number of aryl methyl sites for hydroxylation is 1. The molecule has 0 aliphatic rings. The summed E-state index contributed by atoms with van der Waals surface area (Å²) >= 11 is 0. The minimum absolute atomic E-state index is 0.277. The van der Waals surface area contributed by atoms with Gasteiger partial charge in [-0.15, -0.1) is 0 Å². The van der Waals surface area contributed by atoms with Crippen LogP contribution in [0.15, 0.2) is 72.9 Å². The molecule has 2 heterocycles. The van der Waals surface area contributed by atoms with E-state index in [0.29, 0.717) is 0 Å². The maximum atomic E-state index is 13.5. The number of methoxy groups -OCH3 is 1. The van der Waals surface area contributed by atoms with Crippen molar-refractivity contribution in [1.82, 2.24) is 14.8 Å². The molecule has 0 saturated heterocycles. The van der Waals surface area contributed by atoms with E-state index in [0.717, 1.165) is 50.1 Å². The summed E-state index contributed by atoms with van der Waals surface area (Å²) in [5.74, 6) is 0.483. The van der Waals surface area contributed by atoms with Crippen molar-refractivity contribution in [2.45, 2.75) is 6.92 Å². The van der Waals surface area contributed by atoms with E-state index in [9.17, 15) is 4.39 Å². The zero-order valence-corrected chi connectivity index (χ0v) is 16.1. The first-order valence-electron chi connectivity index (χ1n) is 9.32. The number of nitrogens with zero attached hydrogens (tertiary/aromatic N) is 3. The molecular weight excluding hydrogens is 365 g/mol. The number of aromatic nitrogens is 3. The number of halogens is 1. The molecule has 0 fully saturated rings. The highest BCUT2D eigenvalue weighted by Gasteiger charge is 2.17. The molecule has 0 saturated carbocycles. The average molecular weight is 383 g/mol. The van der Waals surface area contributed by atoms with Crippen molar-refractivity contribution in [2.24, 2.45) is 0 Å². The Labute approximate surface area is 167 Å². The van der Waals surface area contributed by atoms with Crippen LogP contribution in [0.25, 0.3) is 38.8 Å². The molecule has 5 aromatic rings. The second-order valence-electron chi connectivity index (χ2n) is 7.01. The van der Waals surface area contributed by atoms with Crippen molar-refractivity contribution in [3.05, 3.63) is 84.3 Å². The number of pyridine rings is 1. The third kappa shape index (κ3) is 2.91. The Morgan fingerprint density at radius 3 is 2.55 bits per heavy atom. The fraction of sp³-hybridized carbons (Fsp3) is 0.0833. The lowest BCUT2D eigenvalue weighted by Crippen LogP contribution is -1.97. The average Bonchev–Trinajstić information content (AvgIpc) is 3.14. The molecule has 0 amide bonds. The predicted molar refractivity (Wildman–Crippen MR) is 113 cm³/mol. The highest BCUT2D eigenvalue weighted by Crippen LogP contribution is 2.35. The van der Waals surface area contributed by atoms with Gasteiger partial charge >= 0.3 is 0 Å². The molecule has 4 nitrogen and oxygen atoms in total. The Kier molecular flexibility index (Phi) is 4.02. The van der Waals surface area contributed by atoms with Gasteiger partial charge in [0.25, 0.3) is 0 Å². The summed E-state index contributed by atoms with van der Waals surface area (Å²) in [4.78, 5) is 4.66. The monoisotopic (exact) mass is 383 g/mol.